The highest BCUT2D eigenvalue weighted by Gasteiger charge is 2.16. The maximum absolute atomic E-state index is 13.6. The molecule has 3 aromatic carbocycles. The van der Waals surface area contributed by atoms with Gasteiger partial charge < -0.3 is 14.5 Å². The lowest BCUT2D eigenvalue weighted by Crippen LogP contribution is -2.34. The summed E-state index contributed by atoms with van der Waals surface area (Å²) in [5.41, 5.74) is 1.88. The molecule has 168 valence electrons. The molecule has 1 heterocycles. The molecule has 2 N–H and O–H groups in total. The van der Waals surface area contributed by atoms with Gasteiger partial charge in [-0.05, 0) is 67.7 Å². The Morgan fingerprint density at radius 1 is 1.15 bits per heavy atom. The Morgan fingerprint density at radius 3 is 2.73 bits per heavy atom. The lowest BCUT2D eigenvalue weighted by Gasteiger charge is -2.10. The molecule has 0 spiro atoms. The van der Waals surface area contributed by atoms with Crippen molar-refractivity contribution in [2.75, 3.05) is 11.9 Å². The SMILES string of the molecule is CCOc1cccc(C(=O)NC(=S)Nc2ccc3oc(-c4cc(F)c(F)cc4Cl)nc3c2)c1. The number of oxazole rings is 1. The summed E-state index contributed by atoms with van der Waals surface area (Å²) in [7, 11) is 0. The molecule has 0 fully saturated rings. The van der Waals surface area contributed by atoms with E-state index < -0.39 is 17.5 Å². The van der Waals surface area contributed by atoms with E-state index in [-0.39, 0.29) is 21.6 Å². The number of hydrogen-bond acceptors (Lipinski definition) is 5. The van der Waals surface area contributed by atoms with Crippen LogP contribution in [-0.4, -0.2) is 22.6 Å². The molecule has 10 heteroatoms. The van der Waals surface area contributed by atoms with Crippen molar-refractivity contribution in [2.45, 2.75) is 6.92 Å². The molecule has 4 rings (SSSR count). The number of halogens is 3. The molecule has 6 nitrogen and oxygen atoms in total. The number of aromatic nitrogens is 1. The van der Waals surface area contributed by atoms with Crippen molar-refractivity contribution in [3.63, 3.8) is 0 Å². The minimum Gasteiger partial charge on any atom is -0.494 e. The average Bonchev–Trinajstić information content (AvgIpc) is 3.19. The second-order valence-electron chi connectivity index (χ2n) is 6.82. The van der Waals surface area contributed by atoms with Crippen LogP contribution < -0.4 is 15.4 Å². The largest absolute Gasteiger partial charge is 0.494 e. The Kier molecular flexibility index (Phi) is 6.52. The Hall–Kier alpha value is -3.56. The average molecular weight is 488 g/mol. The van der Waals surface area contributed by atoms with Crippen LogP contribution in [0.2, 0.25) is 5.02 Å². The first-order valence-corrected chi connectivity index (χ1v) is 10.5. The van der Waals surface area contributed by atoms with Crippen LogP contribution in [0.1, 0.15) is 17.3 Å². The van der Waals surface area contributed by atoms with E-state index in [1.807, 2.05) is 6.92 Å². The fraction of sp³-hybridized carbons (Fsp3) is 0.0870. The van der Waals surface area contributed by atoms with E-state index >= 15 is 0 Å². The number of rotatable bonds is 5. The molecule has 0 aliphatic heterocycles. The first-order valence-electron chi connectivity index (χ1n) is 9.74. The van der Waals surface area contributed by atoms with E-state index in [1.165, 1.54) is 0 Å². The van der Waals surface area contributed by atoms with Crippen molar-refractivity contribution >= 4 is 51.6 Å². The molecule has 1 aromatic heterocycles. The molecule has 33 heavy (non-hydrogen) atoms. The predicted molar refractivity (Wildman–Crippen MR) is 126 cm³/mol. The zero-order valence-corrected chi connectivity index (χ0v) is 18.7. The predicted octanol–water partition coefficient (Wildman–Crippen LogP) is 5.95. The second-order valence-corrected chi connectivity index (χ2v) is 7.63. The molecule has 0 atom stereocenters. The Labute approximate surface area is 197 Å². The summed E-state index contributed by atoms with van der Waals surface area (Å²) in [6.45, 7) is 2.34. The van der Waals surface area contributed by atoms with E-state index in [1.54, 1.807) is 42.5 Å². The zero-order chi connectivity index (χ0) is 23.5. The fourth-order valence-electron chi connectivity index (χ4n) is 3.04. The summed E-state index contributed by atoms with van der Waals surface area (Å²) >= 11 is 11.2. The van der Waals surface area contributed by atoms with Gasteiger partial charge in [0, 0.05) is 11.3 Å². The third-order valence-corrected chi connectivity index (χ3v) is 5.04. The minimum absolute atomic E-state index is 0.0314. The minimum atomic E-state index is -1.06. The zero-order valence-electron chi connectivity index (χ0n) is 17.1. The molecule has 4 aromatic rings. The smallest absolute Gasteiger partial charge is 0.257 e. The van der Waals surface area contributed by atoms with Gasteiger partial charge in [0.1, 0.15) is 11.3 Å². The summed E-state index contributed by atoms with van der Waals surface area (Å²) in [5.74, 6) is -1.90. The van der Waals surface area contributed by atoms with Crippen molar-refractivity contribution in [1.29, 1.82) is 0 Å². The molecule has 0 aliphatic rings. The van der Waals surface area contributed by atoms with Crippen LogP contribution in [0.3, 0.4) is 0 Å². The first kappa shape index (κ1) is 22.6. The number of carbonyl (C=O) groups is 1. The summed E-state index contributed by atoms with van der Waals surface area (Å²) in [4.78, 5) is 16.8. The van der Waals surface area contributed by atoms with Gasteiger partial charge in [-0.15, -0.1) is 0 Å². The van der Waals surface area contributed by atoms with Gasteiger partial charge in [0.25, 0.3) is 5.91 Å². The monoisotopic (exact) mass is 487 g/mol. The van der Waals surface area contributed by atoms with Crippen LogP contribution in [0.15, 0.2) is 59.0 Å². The number of amides is 1. The maximum Gasteiger partial charge on any atom is 0.257 e. The van der Waals surface area contributed by atoms with Crippen LogP contribution in [0.25, 0.3) is 22.6 Å². The van der Waals surface area contributed by atoms with Gasteiger partial charge in [-0.25, -0.2) is 13.8 Å². The van der Waals surface area contributed by atoms with Crippen LogP contribution >= 0.6 is 23.8 Å². The van der Waals surface area contributed by atoms with E-state index in [4.69, 9.17) is 33.0 Å². The highest BCUT2D eigenvalue weighted by Crippen LogP contribution is 2.32. The lowest BCUT2D eigenvalue weighted by atomic mass is 10.2. The summed E-state index contributed by atoms with van der Waals surface area (Å²) in [6.07, 6.45) is 0. The number of hydrogen-bond donors (Lipinski definition) is 2. The summed E-state index contributed by atoms with van der Waals surface area (Å²) < 4.78 is 38.0. The van der Waals surface area contributed by atoms with E-state index in [0.717, 1.165) is 12.1 Å². The standard InChI is InChI=1S/C23H16ClF2N3O3S/c1-2-31-14-5-3-4-12(8-14)21(30)29-23(33)27-13-6-7-20-19(9-13)28-22(32-20)15-10-17(25)18(26)11-16(15)24/h3-11H,2H2,1H3,(H2,27,29,30,33). The summed E-state index contributed by atoms with van der Waals surface area (Å²) in [6, 6.07) is 13.4. The highest BCUT2D eigenvalue weighted by atomic mass is 35.5. The first-order chi connectivity index (χ1) is 15.8. The van der Waals surface area contributed by atoms with Crippen molar-refractivity contribution in [3.8, 4) is 17.2 Å². The number of fused-ring (bicyclic) bond motifs is 1. The van der Waals surface area contributed by atoms with E-state index in [2.05, 4.69) is 15.6 Å². The molecular formula is C23H16ClF2N3O3S. The number of anilines is 1. The number of nitrogens with zero attached hydrogens (tertiary/aromatic N) is 1. The van der Waals surface area contributed by atoms with Gasteiger partial charge >= 0.3 is 0 Å². The molecular weight excluding hydrogens is 472 g/mol. The Bertz CT molecular complexity index is 1380. The molecule has 0 bridgehead atoms. The Morgan fingerprint density at radius 2 is 1.94 bits per heavy atom. The molecule has 0 aliphatic carbocycles. The number of benzene rings is 3. The lowest BCUT2D eigenvalue weighted by molar-refractivity contribution is 0.0977. The van der Waals surface area contributed by atoms with Crippen molar-refractivity contribution in [1.82, 2.24) is 10.3 Å². The second kappa shape index (κ2) is 9.51. The van der Waals surface area contributed by atoms with E-state index in [0.29, 0.717) is 34.7 Å². The third kappa shape index (κ3) is 5.10. The molecule has 0 saturated heterocycles. The van der Waals surface area contributed by atoms with Crippen LogP contribution in [0.4, 0.5) is 14.5 Å². The quantitative estimate of drug-likeness (QED) is 0.267. The van der Waals surface area contributed by atoms with Crippen molar-refractivity contribution < 1.29 is 22.7 Å². The van der Waals surface area contributed by atoms with Gasteiger partial charge in [0.15, 0.2) is 22.3 Å². The van der Waals surface area contributed by atoms with Gasteiger partial charge in [0.05, 0.1) is 17.2 Å². The van der Waals surface area contributed by atoms with Crippen molar-refractivity contribution in [2.24, 2.45) is 0 Å². The number of carbonyl (C=O) groups excluding carboxylic acids is 1. The molecule has 1 amide bonds. The molecule has 0 radical (unpaired) electrons. The molecule has 0 unspecified atom stereocenters. The highest BCUT2D eigenvalue weighted by molar-refractivity contribution is 7.80. The van der Waals surface area contributed by atoms with Gasteiger partial charge in [-0.2, -0.15) is 0 Å². The maximum atomic E-state index is 13.6. The number of nitrogens with one attached hydrogen (secondary N) is 2. The third-order valence-electron chi connectivity index (χ3n) is 4.52. The Balaban J connectivity index is 1.49. The van der Waals surface area contributed by atoms with E-state index in [9.17, 15) is 13.6 Å². The normalized spacial score (nSPS) is 10.8. The fourth-order valence-corrected chi connectivity index (χ4v) is 3.48. The number of ether oxygens (including phenoxy) is 1. The van der Waals surface area contributed by atoms with Gasteiger partial charge in [-0.1, -0.05) is 17.7 Å². The van der Waals surface area contributed by atoms with Crippen molar-refractivity contribution in [3.05, 3.63) is 76.8 Å². The van der Waals surface area contributed by atoms with Gasteiger partial charge in [0.2, 0.25) is 5.89 Å². The van der Waals surface area contributed by atoms with Crippen LogP contribution in [0, 0.1) is 11.6 Å². The number of thiocarbonyl (C=S) groups is 1. The van der Waals surface area contributed by atoms with Gasteiger partial charge in [-0.3, -0.25) is 10.1 Å². The van der Waals surface area contributed by atoms with Crippen LogP contribution in [-0.2, 0) is 0 Å². The summed E-state index contributed by atoms with van der Waals surface area (Å²) in [5, 5.41) is 5.55. The topological polar surface area (TPSA) is 76.4 Å². The molecule has 0 saturated carbocycles. The van der Waals surface area contributed by atoms with Crippen LogP contribution in [0.5, 0.6) is 5.75 Å².